The van der Waals surface area contributed by atoms with Gasteiger partial charge in [-0.2, -0.15) is 0 Å². The van der Waals surface area contributed by atoms with Crippen LogP contribution in [-0.4, -0.2) is 74.9 Å². The predicted octanol–water partition coefficient (Wildman–Crippen LogP) is 1.36. The molecule has 2 fully saturated rings. The normalized spacial score (nSPS) is 29.1. The third-order valence-corrected chi connectivity index (χ3v) is 8.49. The molecule has 5 rings (SSSR count). The molecule has 0 bridgehead atoms. The number of carbonyl (C=O) groups excluding carboxylic acids is 4. The summed E-state index contributed by atoms with van der Waals surface area (Å²) in [7, 11) is 1.46. The summed E-state index contributed by atoms with van der Waals surface area (Å²) in [6.07, 6.45) is 0.527. The van der Waals surface area contributed by atoms with Crippen molar-refractivity contribution < 1.29 is 49.1 Å². The van der Waals surface area contributed by atoms with Crippen LogP contribution >= 0.6 is 0 Å². The number of Topliss-reactive ketones (excluding diaryl/α,β-unsaturated/α-hetero) is 2. The van der Waals surface area contributed by atoms with E-state index in [9.17, 15) is 39.6 Å². The Morgan fingerprint density at radius 1 is 1.19 bits per heavy atom. The number of rotatable bonds is 4. The number of primary amides is 1. The fraction of sp³-hybridized carbons (Fsp3) is 0.517. The van der Waals surface area contributed by atoms with Gasteiger partial charge in [0.15, 0.2) is 11.4 Å². The van der Waals surface area contributed by atoms with Gasteiger partial charge in [-0.3, -0.25) is 14.4 Å². The summed E-state index contributed by atoms with van der Waals surface area (Å²) >= 11 is 0. The molecule has 4 aliphatic rings. The van der Waals surface area contributed by atoms with Gasteiger partial charge in [0.1, 0.15) is 40.2 Å². The average molecular weight is 586 g/mol. The number of carbonyl (C=O) groups is 4. The van der Waals surface area contributed by atoms with E-state index in [0.717, 1.165) is 19.4 Å². The third-order valence-electron chi connectivity index (χ3n) is 8.49. The first kappa shape index (κ1) is 29.4. The van der Waals surface area contributed by atoms with Crippen molar-refractivity contribution in [1.82, 2.24) is 10.6 Å². The van der Waals surface area contributed by atoms with E-state index in [-0.39, 0.29) is 35.8 Å². The molecule has 1 aliphatic heterocycles. The zero-order valence-corrected chi connectivity index (χ0v) is 23.7. The van der Waals surface area contributed by atoms with E-state index in [4.69, 9.17) is 15.2 Å². The van der Waals surface area contributed by atoms with Crippen LogP contribution in [0.5, 0.6) is 11.5 Å². The number of hydrogen-bond acceptors (Lipinski definition) is 11. The van der Waals surface area contributed by atoms with Gasteiger partial charge in [0.05, 0.1) is 12.7 Å². The lowest BCUT2D eigenvalue weighted by molar-refractivity contribution is -0.150. The van der Waals surface area contributed by atoms with Gasteiger partial charge in [-0.15, -0.1) is 0 Å². The molecule has 13 nitrogen and oxygen atoms in total. The maximum Gasteiger partial charge on any atom is 0.408 e. The number of hydrogen-bond donors (Lipinski definition) is 7. The van der Waals surface area contributed by atoms with E-state index >= 15 is 0 Å². The highest BCUT2D eigenvalue weighted by Gasteiger charge is 2.64. The van der Waals surface area contributed by atoms with Crippen LogP contribution in [0.2, 0.25) is 0 Å². The Labute approximate surface area is 241 Å². The number of ether oxygens (including phenoxy) is 2. The first-order valence-electron chi connectivity index (χ1n) is 13.8. The fourth-order valence-electron chi connectivity index (χ4n) is 6.80. The summed E-state index contributed by atoms with van der Waals surface area (Å²) in [5.41, 5.74) is 1.20. The van der Waals surface area contributed by atoms with E-state index < -0.39 is 69.7 Å². The Kier molecular flexibility index (Phi) is 7.01. The molecule has 3 aliphatic carbocycles. The average Bonchev–Trinajstić information content (AvgIpc) is 3.42. The Hall–Kier alpha value is -4.10. The number of fused-ring (bicyclic) bond motifs is 3. The third kappa shape index (κ3) is 4.38. The van der Waals surface area contributed by atoms with E-state index in [2.05, 4.69) is 10.6 Å². The number of aliphatic hydroxyl groups is 3. The minimum atomic E-state index is -2.90. The number of nitrogens with two attached hydrogens (primary N) is 1. The van der Waals surface area contributed by atoms with Gasteiger partial charge in [-0.05, 0) is 65.0 Å². The van der Waals surface area contributed by atoms with Crippen molar-refractivity contribution >= 4 is 29.3 Å². The topological polar surface area (TPSA) is 218 Å². The van der Waals surface area contributed by atoms with Gasteiger partial charge < -0.3 is 46.3 Å². The molecule has 1 heterocycles. The van der Waals surface area contributed by atoms with Crippen LogP contribution in [0.4, 0.5) is 4.79 Å². The molecule has 13 heteroatoms. The van der Waals surface area contributed by atoms with E-state index in [1.54, 1.807) is 20.8 Å². The molecule has 42 heavy (non-hydrogen) atoms. The standard InChI is InChI=1S/C29H35N3O10/c1-28(2,3)42-27(39)32-20-14-9-11-8-13-18(16(33)10-12(23(13)41-4)15-6-5-7-31-15)21(34)17(11)24(36)29(14,40)25(37)19(22(20)35)26(30)38/h10-11,14-15,20,31,33-34,37,40H,5-9H2,1-4H3,(H2,30,38)(H,32,39)/t11-,14-,15-,20-,29-/m0/s1. The SMILES string of the molecule is COc1c([C@@H]2CCCN2)cc(O)c2c1C[C@H]1C[C@H]3[C@H](NC(=O)OC(C)(C)C)C(=O)C(C(N)=O)=C(O)[C@@]3(O)C(=O)C1=C2O. The number of nitrogens with one attached hydrogen (secondary N) is 2. The van der Waals surface area contributed by atoms with Gasteiger partial charge in [-0.25, -0.2) is 4.79 Å². The summed E-state index contributed by atoms with van der Waals surface area (Å²) in [4.78, 5) is 52.4. The lowest BCUT2D eigenvalue weighted by atomic mass is 9.57. The predicted molar refractivity (Wildman–Crippen MR) is 146 cm³/mol. The number of phenolic OH excluding ortho intramolecular Hbond substituents is 1. The van der Waals surface area contributed by atoms with Gasteiger partial charge in [0.25, 0.3) is 5.91 Å². The lowest BCUT2D eigenvalue weighted by Gasteiger charge is -2.49. The molecule has 0 spiro atoms. The molecule has 0 radical (unpaired) electrons. The second-order valence-corrected chi connectivity index (χ2v) is 12.2. The number of alkyl carbamates (subject to hydrolysis) is 1. The van der Waals surface area contributed by atoms with Crippen LogP contribution in [0.3, 0.4) is 0 Å². The van der Waals surface area contributed by atoms with Crippen molar-refractivity contribution in [1.29, 1.82) is 0 Å². The Bertz CT molecular complexity index is 1470. The first-order valence-corrected chi connectivity index (χ1v) is 13.8. The Morgan fingerprint density at radius 3 is 2.45 bits per heavy atom. The van der Waals surface area contributed by atoms with Crippen molar-refractivity contribution in [2.45, 2.75) is 69.7 Å². The molecule has 2 amide bonds. The highest BCUT2D eigenvalue weighted by Crippen LogP contribution is 2.54. The molecule has 5 atom stereocenters. The number of benzene rings is 1. The second kappa shape index (κ2) is 10.0. The zero-order valence-electron chi connectivity index (χ0n) is 23.7. The summed E-state index contributed by atoms with van der Waals surface area (Å²) in [5.74, 6) is -7.75. The fourth-order valence-corrected chi connectivity index (χ4v) is 6.80. The largest absolute Gasteiger partial charge is 0.508 e. The maximum absolute atomic E-state index is 14.0. The quantitative estimate of drug-likeness (QED) is 0.250. The van der Waals surface area contributed by atoms with E-state index in [1.165, 1.54) is 13.2 Å². The van der Waals surface area contributed by atoms with Crippen molar-refractivity contribution in [3.05, 3.63) is 39.7 Å². The number of amides is 2. The highest BCUT2D eigenvalue weighted by atomic mass is 16.6. The highest BCUT2D eigenvalue weighted by molar-refractivity contribution is 6.25. The number of aromatic hydroxyl groups is 1. The van der Waals surface area contributed by atoms with Crippen molar-refractivity contribution in [2.75, 3.05) is 13.7 Å². The molecule has 0 unspecified atom stereocenters. The zero-order chi connectivity index (χ0) is 30.9. The molecule has 8 N–H and O–H groups in total. The van der Waals surface area contributed by atoms with Gasteiger partial charge in [0, 0.05) is 28.7 Å². The number of phenols is 1. The smallest absolute Gasteiger partial charge is 0.408 e. The molecule has 1 saturated heterocycles. The minimum Gasteiger partial charge on any atom is -0.508 e. The van der Waals surface area contributed by atoms with Crippen LogP contribution < -0.4 is 21.1 Å². The summed E-state index contributed by atoms with van der Waals surface area (Å²) < 4.78 is 11.0. The molecule has 0 aromatic heterocycles. The maximum atomic E-state index is 14.0. The van der Waals surface area contributed by atoms with Crippen LogP contribution in [0, 0.1) is 11.8 Å². The van der Waals surface area contributed by atoms with Crippen molar-refractivity contribution in [2.24, 2.45) is 17.6 Å². The lowest BCUT2D eigenvalue weighted by Crippen LogP contribution is -2.66. The molecule has 1 saturated carbocycles. The monoisotopic (exact) mass is 585 g/mol. The molecule has 226 valence electrons. The van der Waals surface area contributed by atoms with Crippen molar-refractivity contribution in [3.63, 3.8) is 0 Å². The Balaban J connectivity index is 1.66. The summed E-state index contributed by atoms with van der Waals surface area (Å²) in [6, 6.07) is -0.318. The van der Waals surface area contributed by atoms with Gasteiger partial charge in [-0.1, -0.05) is 0 Å². The second-order valence-electron chi connectivity index (χ2n) is 12.2. The molecular formula is C29H35N3O10. The van der Waals surface area contributed by atoms with Crippen LogP contribution in [0.25, 0.3) is 5.76 Å². The van der Waals surface area contributed by atoms with Crippen LogP contribution in [0.15, 0.2) is 23.0 Å². The molecule has 1 aromatic carbocycles. The van der Waals surface area contributed by atoms with E-state index in [1.807, 2.05) is 0 Å². The van der Waals surface area contributed by atoms with Gasteiger partial charge in [0.2, 0.25) is 5.78 Å². The summed E-state index contributed by atoms with van der Waals surface area (Å²) in [5, 5.41) is 50.9. The molecule has 1 aromatic rings. The number of ketones is 2. The van der Waals surface area contributed by atoms with Gasteiger partial charge >= 0.3 is 6.09 Å². The van der Waals surface area contributed by atoms with Crippen LogP contribution in [0.1, 0.15) is 62.8 Å². The first-order chi connectivity index (χ1) is 19.6. The summed E-state index contributed by atoms with van der Waals surface area (Å²) in [6.45, 7) is 5.55. The molecular weight excluding hydrogens is 550 g/mol. The minimum absolute atomic E-state index is 0.0517. The number of methoxy groups -OCH3 is 1. The number of aliphatic hydroxyl groups excluding tert-OH is 2. The van der Waals surface area contributed by atoms with Crippen LogP contribution in [-0.2, 0) is 25.5 Å². The van der Waals surface area contributed by atoms with Crippen molar-refractivity contribution in [3.8, 4) is 11.5 Å². The Morgan fingerprint density at radius 2 is 1.88 bits per heavy atom. The van der Waals surface area contributed by atoms with E-state index in [0.29, 0.717) is 16.9 Å².